The molecule has 1 rings (SSSR count). The van der Waals surface area contributed by atoms with E-state index in [1.165, 1.54) is 0 Å². The first-order chi connectivity index (χ1) is 8.13. The Morgan fingerprint density at radius 2 is 2.35 bits per heavy atom. The molecule has 6 heteroatoms. The Labute approximate surface area is 106 Å². The molecule has 0 saturated heterocycles. The van der Waals surface area contributed by atoms with Crippen LogP contribution in [0.25, 0.3) is 0 Å². The zero-order valence-electron chi connectivity index (χ0n) is 10.6. The molecule has 96 valence electrons. The van der Waals surface area contributed by atoms with E-state index in [1.54, 1.807) is 11.8 Å². The summed E-state index contributed by atoms with van der Waals surface area (Å²) in [5.41, 5.74) is 0. The summed E-state index contributed by atoms with van der Waals surface area (Å²) in [6.07, 6.45) is 2.32. The summed E-state index contributed by atoms with van der Waals surface area (Å²) >= 11 is 1.69. The van der Waals surface area contributed by atoms with Gasteiger partial charge in [0.15, 0.2) is 5.82 Å². The predicted molar refractivity (Wildman–Crippen MR) is 69.8 cm³/mol. The third-order valence-corrected chi connectivity index (χ3v) is 3.54. The van der Waals surface area contributed by atoms with Crippen LogP contribution in [0.2, 0.25) is 0 Å². The van der Waals surface area contributed by atoms with Crippen LogP contribution in [0.3, 0.4) is 0 Å². The van der Waals surface area contributed by atoms with E-state index >= 15 is 0 Å². The third-order valence-electron chi connectivity index (χ3n) is 2.30. The SMILES string of the molecule is CCCCSC(C)C(=O)NCc1n[nH]c(C)n1. The number of amides is 1. The molecule has 0 bridgehead atoms. The minimum atomic E-state index is -0.0124. The molecule has 0 saturated carbocycles. The number of hydrogen-bond donors (Lipinski definition) is 2. The Morgan fingerprint density at radius 3 is 2.94 bits per heavy atom. The van der Waals surface area contributed by atoms with Crippen molar-refractivity contribution in [2.24, 2.45) is 0 Å². The molecule has 1 unspecified atom stereocenters. The molecule has 0 aliphatic carbocycles. The molecule has 1 aromatic heterocycles. The number of aromatic amines is 1. The Hall–Kier alpha value is -1.04. The van der Waals surface area contributed by atoms with Gasteiger partial charge in [-0.1, -0.05) is 13.3 Å². The molecule has 1 atom stereocenters. The second-order valence-electron chi connectivity index (χ2n) is 3.92. The highest BCUT2D eigenvalue weighted by atomic mass is 32.2. The second kappa shape index (κ2) is 7.32. The molecule has 0 radical (unpaired) electrons. The van der Waals surface area contributed by atoms with E-state index in [1.807, 2.05) is 13.8 Å². The maximum absolute atomic E-state index is 11.7. The van der Waals surface area contributed by atoms with E-state index in [4.69, 9.17) is 0 Å². The van der Waals surface area contributed by atoms with Crippen LogP contribution in [0, 0.1) is 6.92 Å². The van der Waals surface area contributed by atoms with Gasteiger partial charge in [-0.3, -0.25) is 9.89 Å². The number of nitrogens with zero attached hydrogens (tertiary/aromatic N) is 2. The van der Waals surface area contributed by atoms with Gasteiger partial charge in [-0.2, -0.15) is 5.10 Å². The average Bonchev–Trinajstić information content (AvgIpc) is 2.72. The van der Waals surface area contributed by atoms with Gasteiger partial charge < -0.3 is 5.32 Å². The van der Waals surface area contributed by atoms with E-state index in [0.29, 0.717) is 12.4 Å². The number of aryl methyl sites for hydroxylation is 1. The van der Waals surface area contributed by atoms with Crippen LogP contribution in [0.15, 0.2) is 0 Å². The highest BCUT2D eigenvalue weighted by Crippen LogP contribution is 2.12. The first-order valence-electron chi connectivity index (χ1n) is 5.90. The summed E-state index contributed by atoms with van der Waals surface area (Å²) in [7, 11) is 0. The molecule has 0 aromatic carbocycles. The van der Waals surface area contributed by atoms with Crippen LogP contribution in [0.1, 0.15) is 38.3 Å². The molecular weight excluding hydrogens is 236 g/mol. The van der Waals surface area contributed by atoms with Gasteiger partial charge in [-0.05, 0) is 26.0 Å². The van der Waals surface area contributed by atoms with Crippen molar-refractivity contribution >= 4 is 17.7 Å². The van der Waals surface area contributed by atoms with Gasteiger partial charge in [0.1, 0.15) is 5.82 Å². The fourth-order valence-corrected chi connectivity index (χ4v) is 2.30. The lowest BCUT2D eigenvalue weighted by atomic mass is 10.4. The first-order valence-corrected chi connectivity index (χ1v) is 6.95. The summed E-state index contributed by atoms with van der Waals surface area (Å²) in [6.45, 7) is 6.30. The lowest BCUT2D eigenvalue weighted by molar-refractivity contribution is -0.120. The van der Waals surface area contributed by atoms with Crippen molar-refractivity contribution in [3.8, 4) is 0 Å². The zero-order chi connectivity index (χ0) is 12.7. The second-order valence-corrected chi connectivity index (χ2v) is 5.37. The van der Waals surface area contributed by atoms with E-state index < -0.39 is 0 Å². The van der Waals surface area contributed by atoms with Gasteiger partial charge in [0.2, 0.25) is 5.91 Å². The number of nitrogens with one attached hydrogen (secondary N) is 2. The molecular formula is C11H20N4OS. The van der Waals surface area contributed by atoms with Crippen molar-refractivity contribution < 1.29 is 4.79 Å². The average molecular weight is 256 g/mol. The lowest BCUT2D eigenvalue weighted by Crippen LogP contribution is -2.31. The monoisotopic (exact) mass is 256 g/mol. The van der Waals surface area contributed by atoms with E-state index in [2.05, 4.69) is 27.4 Å². The molecule has 17 heavy (non-hydrogen) atoms. The van der Waals surface area contributed by atoms with Crippen molar-refractivity contribution in [3.63, 3.8) is 0 Å². The quantitative estimate of drug-likeness (QED) is 0.728. The summed E-state index contributed by atoms with van der Waals surface area (Å²) < 4.78 is 0. The number of thioether (sulfide) groups is 1. The number of hydrogen-bond acceptors (Lipinski definition) is 4. The fraction of sp³-hybridized carbons (Fsp3) is 0.727. The minimum absolute atomic E-state index is 0.0124. The van der Waals surface area contributed by atoms with Crippen molar-refractivity contribution in [2.75, 3.05) is 5.75 Å². The number of carbonyl (C=O) groups excluding carboxylic acids is 1. The lowest BCUT2D eigenvalue weighted by Gasteiger charge is -2.10. The Kier molecular flexibility index (Phi) is 6.04. The maximum atomic E-state index is 11.7. The number of unbranched alkanes of at least 4 members (excludes halogenated alkanes) is 1. The smallest absolute Gasteiger partial charge is 0.233 e. The van der Waals surface area contributed by atoms with E-state index in [0.717, 1.165) is 24.4 Å². The normalized spacial score (nSPS) is 12.4. The minimum Gasteiger partial charge on any atom is -0.348 e. The predicted octanol–water partition coefficient (Wildman–Crippen LogP) is 1.65. The van der Waals surface area contributed by atoms with Gasteiger partial charge in [-0.25, -0.2) is 4.98 Å². The van der Waals surface area contributed by atoms with Crippen LogP contribution in [0.5, 0.6) is 0 Å². The molecule has 0 spiro atoms. The van der Waals surface area contributed by atoms with Crippen LogP contribution in [0.4, 0.5) is 0 Å². The van der Waals surface area contributed by atoms with Gasteiger partial charge in [0.05, 0.1) is 11.8 Å². The third kappa shape index (κ3) is 5.21. The standard InChI is InChI=1S/C11H20N4OS/c1-4-5-6-17-8(2)11(16)12-7-10-13-9(3)14-15-10/h8H,4-7H2,1-3H3,(H,12,16)(H,13,14,15). The summed E-state index contributed by atoms with van der Waals surface area (Å²) in [5, 5.41) is 9.53. The van der Waals surface area contributed by atoms with Gasteiger partial charge in [0, 0.05) is 0 Å². The van der Waals surface area contributed by atoms with E-state index in [9.17, 15) is 4.79 Å². The number of carbonyl (C=O) groups is 1. The molecule has 1 aromatic rings. The Morgan fingerprint density at radius 1 is 1.59 bits per heavy atom. The van der Waals surface area contributed by atoms with Crippen molar-refractivity contribution in [1.29, 1.82) is 0 Å². The molecule has 2 N–H and O–H groups in total. The van der Waals surface area contributed by atoms with Crippen LogP contribution in [-0.4, -0.2) is 32.1 Å². The molecule has 0 aliphatic rings. The first kappa shape index (κ1) is 14.0. The van der Waals surface area contributed by atoms with Gasteiger partial charge >= 0.3 is 0 Å². The molecule has 0 aliphatic heterocycles. The maximum Gasteiger partial charge on any atom is 0.233 e. The van der Waals surface area contributed by atoms with E-state index in [-0.39, 0.29) is 11.2 Å². The molecule has 5 nitrogen and oxygen atoms in total. The Balaban J connectivity index is 2.24. The zero-order valence-corrected chi connectivity index (χ0v) is 11.4. The van der Waals surface area contributed by atoms with Crippen molar-refractivity contribution in [1.82, 2.24) is 20.5 Å². The fourth-order valence-electron chi connectivity index (χ4n) is 1.26. The summed E-state index contributed by atoms with van der Waals surface area (Å²) in [6, 6.07) is 0. The number of H-pyrrole nitrogens is 1. The topological polar surface area (TPSA) is 70.7 Å². The largest absolute Gasteiger partial charge is 0.348 e. The number of aromatic nitrogens is 3. The molecule has 1 heterocycles. The number of rotatable bonds is 7. The molecule has 1 amide bonds. The summed E-state index contributed by atoms with van der Waals surface area (Å²) in [5.74, 6) is 2.47. The highest BCUT2D eigenvalue weighted by molar-refractivity contribution is 8.00. The Bertz CT molecular complexity index is 353. The van der Waals surface area contributed by atoms with Crippen LogP contribution < -0.4 is 5.32 Å². The highest BCUT2D eigenvalue weighted by Gasteiger charge is 2.13. The van der Waals surface area contributed by atoms with Gasteiger partial charge in [0.25, 0.3) is 0 Å². The van der Waals surface area contributed by atoms with Crippen molar-refractivity contribution in [2.45, 2.75) is 45.4 Å². The van der Waals surface area contributed by atoms with Gasteiger partial charge in [-0.15, -0.1) is 11.8 Å². The van der Waals surface area contributed by atoms with Crippen LogP contribution in [-0.2, 0) is 11.3 Å². The summed E-state index contributed by atoms with van der Waals surface area (Å²) in [4.78, 5) is 15.8. The molecule has 0 fully saturated rings. The van der Waals surface area contributed by atoms with Crippen molar-refractivity contribution in [3.05, 3.63) is 11.6 Å². The van der Waals surface area contributed by atoms with Crippen LogP contribution >= 0.6 is 11.8 Å².